The smallest absolute Gasteiger partial charge is 0.0896 e. The van der Waals surface area contributed by atoms with Gasteiger partial charge in [-0.15, -0.1) is 0 Å². The monoisotopic (exact) mass is 294 g/mol. The molecule has 1 aromatic rings. The summed E-state index contributed by atoms with van der Waals surface area (Å²) in [6, 6.07) is 7.68. The van der Waals surface area contributed by atoms with E-state index >= 15 is 0 Å². The SMILES string of the molecule is CCCC/C=C(\[C@H](O)C(C)C)[S@@](=O)c1ccc(C)cc1. The Kier molecular flexibility index (Phi) is 7.17. The van der Waals surface area contributed by atoms with Crippen molar-refractivity contribution in [3.8, 4) is 0 Å². The summed E-state index contributed by atoms with van der Waals surface area (Å²) in [5, 5.41) is 10.3. The second-order valence-corrected chi connectivity index (χ2v) is 7.00. The summed E-state index contributed by atoms with van der Waals surface area (Å²) in [5.74, 6) is 0.0669. The first-order chi connectivity index (χ1) is 9.47. The van der Waals surface area contributed by atoms with Gasteiger partial charge in [0, 0.05) is 9.80 Å². The van der Waals surface area contributed by atoms with E-state index in [1.807, 2.05) is 51.1 Å². The lowest BCUT2D eigenvalue weighted by atomic mass is 10.1. The zero-order valence-corrected chi connectivity index (χ0v) is 13.7. The topological polar surface area (TPSA) is 37.3 Å². The van der Waals surface area contributed by atoms with Crippen LogP contribution in [0.2, 0.25) is 0 Å². The molecule has 0 fully saturated rings. The van der Waals surface area contributed by atoms with Crippen LogP contribution in [0.1, 0.15) is 45.6 Å². The number of rotatable bonds is 7. The van der Waals surface area contributed by atoms with Gasteiger partial charge in [0.1, 0.15) is 0 Å². The Hall–Kier alpha value is -0.930. The van der Waals surface area contributed by atoms with E-state index in [1.165, 1.54) is 0 Å². The minimum Gasteiger partial charge on any atom is -0.388 e. The highest BCUT2D eigenvalue weighted by atomic mass is 32.2. The number of hydrogen-bond acceptors (Lipinski definition) is 2. The van der Waals surface area contributed by atoms with Crippen LogP contribution in [-0.4, -0.2) is 15.4 Å². The van der Waals surface area contributed by atoms with Crippen molar-refractivity contribution < 1.29 is 9.32 Å². The van der Waals surface area contributed by atoms with E-state index in [0.717, 1.165) is 29.7 Å². The zero-order chi connectivity index (χ0) is 15.1. The molecule has 1 N–H and O–H groups in total. The van der Waals surface area contributed by atoms with Gasteiger partial charge in [-0.25, -0.2) is 4.21 Å². The maximum atomic E-state index is 12.7. The van der Waals surface area contributed by atoms with Crippen LogP contribution in [0.4, 0.5) is 0 Å². The standard InChI is InChI=1S/C17H26O2S/c1-5-6-7-8-16(17(18)13(2)3)20(19)15-11-9-14(4)10-12-15/h8-13,17-18H,5-7H2,1-4H3/b16-8+/t17-,20+/m1/s1. The number of aliphatic hydroxyl groups excluding tert-OH is 1. The molecule has 0 aliphatic heterocycles. The molecule has 2 atom stereocenters. The minimum atomic E-state index is -1.27. The van der Waals surface area contributed by atoms with Gasteiger partial charge in [0.25, 0.3) is 0 Å². The zero-order valence-electron chi connectivity index (χ0n) is 12.9. The Labute approximate surface area is 125 Å². The normalized spacial score (nSPS) is 15.4. The van der Waals surface area contributed by atoms with Crippen molar-refractivity contribution in [3.05, 3.63) is 40.8 Å². The van der Waals surface area contributed by atoms with E-state index in [4.69, 9.17) is 0 Å². The van der Waals surface area contributed by atoms with Crippen molar-refractivity contribution in [2.24, 2.45) is 5.92 Å². The molecule has 0 heterocycles. The quantitative estimate of drug-likeness (QED) is 0.765. The summed E-state index contributed by atoms with van der Waals surface area (Å²) < 4.78 is 12.7. The van der Waals surface area contributed by atoms with Gasteiger partial charge in [0.2, 0.25) is 0 Å². The first-order valence-electron chi connectivity index (χ1n) is 7.34. The lowest BCUT2D eigenvalue weighted by Crippen LogP contribution is -2.21. The Balaban J connectivity index is 3.00. The van der Waals surface area contributed by atoms with E-state index in [2.05, 4.69) is 6.92 Å². The fourth-order valence-corrected chi connectivity index (χ4v) is 3.30. The molecule has 0 saturated carbocycles. The molecule has 0 bridgehead atoms. The van der Waals surface area contributed by atoms with E-state index in [1.54, 1.807) is 0 Å². The summed E-state index contributed by atoms with van der Waals surface area (Å²) in [5.41, 5.74) is 1.15. The van der Waals surface area contributed by atoms with Crippen LogP contribution < -0.4 is 0 Å². The first-order valence-corrected chi connectivity index (χ1v) is 8.49. The Morgan fingerprint density at radius 1 is 1.30 bits per heavy atom. The van der Waals surface area contributed by atoms with Crippen LogP contribution in [0.5, 0.6) is 0 Å². The molecule has 20 heavy (non-hydrogen) atoms. The molecule has 1 aromatic carbocycles. The fraction of sp³-hybridized carbons (Fsp3) is 0.529. The van der Waals surface area contributed by atoms with Gasteiger partial charge in [0.15, 0.2) is 0 Å². The summed E-state index contributed by atoms with van der Waals surface area (Å²) in [6.07, 6.45) is 4.34. The van der Waals surface area contributed by atoms with Crippen LogP contribution in [0, 0.1) is 12.8 Å². The Bertz CT molecular complexity index is 460. The molecular weight excluding hydrogens is 268 g/mol. The second-order valence-electron chi connectivity index (χ2n) is 5.52. The number of allylic oxidation sites excluding steroid dienone is 1. The summed E-state index contributed by atoms with van der Waals surface area (Å²) in [6.45, 7) is 8.03. The first kappa shape index (κ1) is 17.1. The molecule has 0 aliphatic rings. The number of hydrogen-bond donors (Lipinski definition) is 1. The number of aryl methyl sites for hydroxylation is 1. The largest absolute Gasteiger partial charge is 0.388 e. The van der Waals surface area contributed by atoms with Gasteiger partial charge in [-0.05, 0) is 31.4 Å². The molecular formula is C17H26O2S. The van der Waals surface area contributed by atoms with Crippen LogP contribution in [0.3, 0.4) is 0 Å². The van der Waals surface area contributed by atoms with E-state index in [9.17, 15) is 9.32 Å². The predicted molar refractivity (Wildman–Crippen MR) is 86.0 cm³/mol. The van der Waals surface area contributed by atoms with Gasteiger partial charge in [-0.1, -0.05) is 57.4 Å². The molecule has 0 aliphatic carbocycles. The van der Waals surface area contributed by atoms with E-state index < -0.39 is 16.9 Å². The molecule has 2 nitrogen and oxygen atoms in total. The van der Waals surface area contributed by atoms with E-state index in [-0.39, 0.29) is 5.92 Å². The van der Waals surface area contributed by atoms with Gasteiger partial charge in [-0.3, -0.25) is 0 Å². The molecule has 0 aromatic heterocycles. The Morgan fingerprint density at radius 3 is 2.40 bits per heavy atom. The van der Waals surface area contributed by atoms with Gasteiger partial charge in [0.05, 0.1) is 16.9 Å². The van der Waals surface area contributed by atoms with Crippen LogP contribution >= 0.6 is 0 Å². The maximum Gasteiger partial charge on any atom is 0.0896 e. The highest BCUT2D eigenvalue weighted by Gasteiger charge is 2.21. The van der Waals surface area contributed by atoms with Crippen molar-refractivity contribution in [3.63, 3.8) is 0 Å². The highest BCUT2D eigenvalue weighted by molar-refractivity contribution is 7.89. The summed E-state index contributed by atoms with van der Waals surface area (Å²) in [4.78, 5) is 1.41. The predicted octanol–water partition coefficient (Wildman–Crippen LogP) is 4.19. The number of unbranched alkanes of at least 4 members (excludes halogenated alkanes) is 2. The van der Waals surface area contributed by atoms with Crippen LogP contribution in [0.15, 0.2) is 40.1 Å². The second kappa shape index (κ2) is 8.38. The average molecular weight is 294 g/mol. The average Bonchev–Trinajstić information content (AvgIpc) is 2.43. The molecule has 0 spiro atoms. The maximum absolute atomic E-state index is 12.7. The Morgan fingerprint density at radius 2 is 1.90 bits per heavy atom. The third kappa shape index (κ3) is 4.88. The van der Waals surface area contributed by atoms with Crippen LogP contribution in [-0.2, 0) is 10.8 Å². The molecule has 0 radical (unpaired) electrons. The third-order valence-corrected chi connectivity index (χ3v) is 4.81. The molecule has 3 heteroatoms. The highest BCUT2D eigenvalue weighted by Crippen LogP contribution is 2.23. The fourth-order valence-electron chi connectivity index (χ4n) is 1.88. The van der Waals surface area contributed by atoms with Crippen molar-refractivity contribution >= 4 is 10.8 Å². The number of aliphatic hydroxyl groups is 1. The van der Waals surface area contributed by atoms with Crippen molar-refractivity contribution in [2.45, 2.75) is 58.0 Å². The lowest BCUT2D eigenvalue weighted by molar-refractivity contribution is 0.167. The van der Waals surface area contributed by atoms with Crippen molar-refractivity contribution in [1.29, 1.82) is 0 Å². The molecule has 1 rings (SSSR count). The van der Waals surface area contributed by atoms with Gasteiger partial charge >= 0.3 is 0 Å². The molecule has 0 amide bonds. The van der Waals surface area contributed by atoms with Crippen molar-refractivity contribution in [2.75, 3.05) is 0 Å². The van der Waals surface area contributed by atoms with Crippen LogP contribution in [0.25, 0.3) is 0 Å². The minimum absolute atomic E-state index is 0.0669. The molecule has 112 valence electrons. The number of benzene rings is 1. The summed E-state index contributed by atoms with van der Waals surface area (Å²) in [7, 11) is -1.27. The van der Waals surface area contributed by atoms with Gasteiger partial charge in [-0.2, -0.15) is 0 Å². The van der Waals surface area contributed by atoms with Gasteiger partial charge < -0.3 is 5.11 Å². The van der Waals surface area contributed by atoms with E-state index in [0.29, 0.717) is 4.91 Å². The third-order valence-electron chi connectivity index (χ3n) is 3.28. The summed E-state index contributed by atoms with van der Waals surface area (Å²) >= 11 is 0. The lowest BCUT2D eigenvalue weighted by Gasteiger charge is -2.18. The molecule has 0 saturated heterocycles. The van der Waals surface area contributed by atoms with Crippen molar-refractivity contribution in [1.82, 2.24) is 0 Å². The molecule has 0 unspecified atom stereocenters.